The second-order valence-corrected chi connectivity index (χ2v) is 15.3. The molecule has 8 rings (SSSR count). The molecule has 4 fully saturated rings. The number of methoxy groups -OCH3 is 1. The molecule has 0 saturated heterocycles. The first-order valence-corrected chi connectivity index (χ1v) is 18.5. The molecule has 254 valence electrons. The van der Waals surface area contributed by atoms with Gasteiger partial charge in [-0.1, -0.05) is 56.0 Å². The lowest BCUT2D eigenvalue weighted by molar-refractivity contribution is 0.0601. The molecule has 4 aromatic carbocycles. The Labute approximate surface area is 286 Å². The van der Waals surface area contributed by atoms with Crippen LogP contribution in [0.2, 0.25) is 0 Å². The van der Waals surface area contributed by atoms with Crippen LogP contribution in [-0.4, -0.2) is 30.4 Å². The highest BCUT2D eigenvalue weighted by Gasteiger charge is 2.39. The van der Waals surface area contributed by atoms with Crippen molar-refractivity contribution in [3.63, 3.8) is 0 Å². The normalized spacial score (nSPS) is 21.7. The van der Waals surface area contributed by atoms with Crippen LogP contribution in [0.5, 0.6) is 11.5 Å². The third-order valence-electron chi connectivity index (χ3n) is 12.2. The van der Waals surface area contributed by atoms with Gasteiger partial charge in [0.15, 0.2) is 0 Å². The summed E-state index contributed by atoms with van der Waals surface area (Å²) in [5.41, 5.74) is 2.86. The van der Waals surface area contributed by atoms with Crippen molar-refractivity contribution in [2.75, 3.05) is 7.11 Å². The van der Waals surface area contributed by atoms with Gasteiger partial charge in [0.1, 0.15) is 11.5 Å². The fraction of sp³-hybridized carbons (Fsp3) is 0.512. The van der Waals surface area contributed by atoms with Crippen LogP contribution in [0.4, 0.5) is 0 Å². The Balaban J connectivity index is 0.000000152. The van der Waals surface area contributed by atoms with Gasteiger partial charge >= 0.3 is 5.97 Å². The Morgan fingerprint density at radius 3 is 1.52 bits per heavy atom. The molecular weight excluding hydrogens is 596 g/mol. The zero-order chi connectivity index (χ0) is 33.0. The van der Waals surface area contributed by atoms with E-state index in [9.17, 15) is 9.90 Å². The zero-order valence-electron chi connectivity index (χ0n) is 28.7. The summed E-state index contributed by atoms with van der Waals surface area (Å²) in [4.78, 5) is 11.6. The highest BCUT2D eigenvalue weighted by molar-refractivity contribution is 5.95. The lowest BCUT2D eigenvalue weighted by Crippen LogP contribution is -2.30. The van der Waals surface area contributed by atoms with Gasteiger partial charge in [0.2, 0.25) is 0 Å². The molecule has 4 saturated carbocycles. The number of fused-ring (bicyclic) bond motifs is 2. The molecular formula is C43H52O5. The van der Waals surface area contributed by atoms with Gasteiger partial charge in [0.25, 0.3) is 0 Å². The number of hydrogen-bond donors (Lipinski definition) is 1. The number of aliphatic hydroxyl groups is 1. The van der Waals surface area contributed by atoms with Gasteiger partial charge in [-0.15, -0.1) is 0 Å². The number of hydrogen-bond acceptors (Lipinski definition) is 5. The minimum Gasteiger partial charge on any atom is -0.490 e. The molecule has 5 heteroatoms. The van der Waals surface area contributed by atoms with Crippen LogP contribution in [0.25, 0.3) is 21.5 Å². The lowest BCUT2D eigenvalue weighted by atomic mass is 9.72. The molecule has 4 aliphatic rings. The van der Waals surface area contributed by atoms with Crippen molar-refractivity contribution in [2.24, 2.45) is 10.8 Å². The van der Waals surface area contributed by atoms with Crippen molar-refractivity contribution >= 4 is 27.5 Å². The molecule has 0 unspecified atom stereocenters. The Bertz CT molecular complexity index is 1690. The van der Waals surface area contributed by atoms with E-state index < -0.39 is 0 Å². The maximum atomic E-state index is 11.6. The van der Waals surface area contributed by atoms with E-state index in [2.05, 4.69) is 30.3 Å². The van der Waals surface area contributed by atoms with Crippen molar-refractivity contribution in [2.45, 2.75) is 122 Å². The number of ether oxygens (including phenoxy) is 3. The maximum Gasteiger partial charge on any atom is 0.337 e. The summed E-state index contributed by atoms with van der Waals surface area (Å²) in [6, 6.07) is 24.2. The lowest BCUT2D eigenvalue weighted by Gasteiger charge is -2.37. The molecule has 2 spiro atoms. The van der Waals surface area contributed by atoms with Gasteiger partial charge in [-0.2, -0.15) is 0 Å². The first kappa shape index (κ1) is 33.0. The van der Waals surface area contributed by atoms with Crippen LogP contribution < -0.4 is 9.47 Å². The van der Waals surface area contributed by atoms with Gasteiger partial charge in [0, 0.05) is 0 Å². The maximum absolute atomic E-state index is 11.6. The Morgan fingerprint density at radius 1 is 0.604 bits per heavy atom. The average molecular weight is 649 g/mol. The van der Waals surface area contributed by atoms with Gasteiger partial charge < -0.3 is 19.3 Å². The van der Waals surface area contributed by atoms with Crippen LogP contribution in [-0.2, 0) is 11.3 Å². The van der Waals surface area contributed by atoms with Crippen molar-refractivity contribution in [1.29, 1.82) is 0 Å². The van der Waals surface area contributed by atoms with Crippen LogP contribution in [0.15, 0.2) is 72.8 Å². The molecule has 4 aromatic rings. The first-order chi connectivity index (χ1) is 23.4. The highest BCUT2D eigenvalue weighted by atomic mass is 16.5. The minimum absolute atomic E-state index is 0.0953. The second-order valence-electron chi connectivity index (χ2n) is 15.3. The van der Waals surface area contributed by atoms with Crippen LogP contribution >= 0.6 is 0 Å². The molecule has 0 heterocycles. The van der Waals surface area contributed by atoms with Crippen LogP contribution in [0, 0.1) is 10.8 Å². The number of benzene rings is 4. The molecule has 0 atom stereocenters. The van der Waals surface area contributed by atoms with E-state index >= 15 is 0 Å². The van der Waals surface area contributed by atoms with Crippen LogP contribution in [0.1, 0.15) is 119 Å². The van der Waals surface area contributed by atoms with Crippen LogP contribution in [0.3, 0.4) is 0 Å². The molecule has 0 radical (unpaired) electrons. The highest BCUT2D eigenvalue weighted by Crippen LogP contribution is 2.50. The molecule has 48 heavy (non-hydrogen) atoms. The van der Waals surface area contributed by atoms with E-state index in [1.807, 2.05) is 42.5 Å². The number of esters is 1. The molecule has 4 aliphatic carbocycles. The monoisotopic (exact) mass is 648 g/mol. The molecule has 0 aromatic heterocycles. The predicted octanol–water partition coefficient (Wildman–Crippen LogP) is 10.7. The Hall–Kier alpha value is -3.57. The Kier molecular flexibility index (Phi) is 9.95. The first-order valence-electron chi connectivity index (χ1n) is 18.5. The summed E-state index contributed by atoms with van der Waals surface area (Å²) < 4.78 is 17.3. The molecule has 5 nitrogen and oxygen atoms in total. The summed E-state index contributed by atoms with van der Waals surface area (Å²) in [5.74, 6) is 1.62. The third-order valence-corrected chi connectivity index (χ3v) is 12.2. The minimum atomic E-state index is -0.301. The molecule has 0 amide bonds. The van der Waals surface area contributed by atoms with Gasteiger partial charge in [0.05, 0.1) is 31.5 Å². The third kappa shape index (κ3) is 7.52. The zero-order valence-corrected chi connectivity index (χ0v) is 28.7. The standard InChI is InChI=1S/C22H26O3.C21H26O2/c1-24-21(23)18-5-4-17-15-20(7-6-16(17)14-18)25-19-8-12-22(13-9-19)10-2-3-11-22;22-15-16-3-4-18-14-20(6-5-17(18)13-16)23-19-7-11-21(12-8-19)9-1-2-10-21/h4-7,14-15,19H,2-3,8-13H2,1H3;3-6,13-14,19,22H,1-2,7-12,15H2. The predicted molar refractivity (Wildman–Crippen MR) is 193 cm³/mol. The Morgan fingerprint density at radius 2 is 1.04 bits per heavy atom. The number of carbonyl (C=O) groups excluding carboxylic acids is 1. The van der Waals surface area contributed by atoms with E-state index in [0.29, 0.717) is 28.6 Å². The SMILES string of the molecule is COC(=O)c1ccc2cc(OC3CCC4(CCCC4)CC3)ccc2c1.OCc1ccc2cc(OC3CCC4(CCCC4)CC3)ccc2c1. The van der Waals surface area contributed by atoms with Crippen molar-refractivity contribution in [3.8, 4) is 11.5 Å². The van der Waals surface area contributed by atoms with E-state index in [1.165, 1.54) is 115 Å². The topological polar surface area (TPSA) is 65.0 Å². The van der Waals surface area contributed by atoms with Crippen molar-refractivity contribution in [1.82, 2.24) is 0 Å². The molecule has 0 aliphatic heterocycles. The quantitative estimate of drug-likeness (QED) is 0.211. The summed E-state index contributed by atoms with van der Waals surface area (Å²) in [6.07, 6.45) is 22.3. The number of aliphatic hydroxyl groups excluding tert-OH is 1. The summed E-state index contributed by atoms with van der Waals surface area (Å²) >= 11 is 0. The van der Waals surface area contributed by atoms with Crippen molar-refractivity contribution in [3.05, 3.63) is 83.9 Å². The smallest absolute Gasteiger partial charge is 0.337 e. The van der Waals surface area contributed by atoms with Gasteiger partial charge in [-0.25, -0.2) is 4.79 Å². The van der Waals surface area contributed by atoms with E-state index in [4.69, 9.17) is 14.2 Å². The van der Waals surface area contributed by atoms with E-state index in [-0.39, 0.29) is 12.6 Å². The summed E-state index contributed by atoms with van der Waals surface area (Å²) in [6.45, 7) is 0.0953. The number of rotatable bonds is 6. The summed E-state index contributed by atoms with van der Waals surface area (Å²) in [5, 5.41) is 13.7. The van der Waals surface area contributed by atoms with Crippen molar-refractivity contribution < 1.29 is 24.1 Å². The van der Waals surface area contributed by atoms with E-state index in [0.717, 1.165) is 33.2 Å². The molecule has 0 bridgehead atoms. The summed E-state index contributed by atoms with van der Waals surface area (Å²) in [7, 11) is 1.41. The molecule has 1 N–H and O–H groups in total. The average Bonchev–Trinajstić information content (AvgIpc) is 3.80. The second kappa shape index (κ2) is 14.5. The number of carbonyl (C=O) groups is 1. The largest absolute Gasteiger partial charge is 0.490 e. The fourth-order valence-corrected chi connectivity index (χ4v) is 9.26. The van der Waals surface area contributed by atoms with Gasteiger partial charge in [-0.05, 0) is 157 Å². The van der Waals surface area contributed by atoms with E-state index in [1.54, 1.807) is 0 Å². The van der Waals surface area contributed by atoms with Gasteiger partial charge in [-0.3, -0.25) is 0 Å². The fourth-order valence-electron chi connectivity index (χ4n) is 9.26.